The summed E-state index contributed by atoms with van der Waals surface area (Å²) in [5.74, 6) is 0.718. The minimum absolute atomic E-state index is 0.104. The molecule has 15 heteroatoms. The van der Waals surface area contributed by atoms with Crippen LogP contribution in [0.25, 0.3) is 0 Å². The molecule has 3 heterocycles. The van der Waals surface area contributed by atoms with Crippen LogP contribution < -0.4 is 9.80 Å². The molecule has 1 aromatic carbocycles. The molecule has 0 spiro atoms. The molecule has 0 atom stereocenters. The smallest absolute Gasteiger partial charge is 0.280 e. The van der Waals surface area contributed by atoms with E-state index in [1.807, 2.05) is 11.0 Å². The third kappa shape index (κ3) is 4.62. The summed E-state index contributed by atoms with van der Waals surface area (Å²) in [6.07, 6.45) is 1.61. The van der Waals surface area contributed by atoms with Gasteiger partial charge in [-0.05, 0) is 6.92 Å². The number of morpholine rings is 1. The van der Waals surface area contributed by atoms with Gasteiger partial charge in [0.2, 0.25) is 10.0 Å². The number of rotatable bonds is 6. The van der Waals surface area contributed by atoms with Gasteiger partial charge in [0.1, 0.15) is 5.56 Å². The number of ether oxygens (including phenoxy) is 1. The van der Waals surface area contributed by atoms with Crippen molar-refractivity contribution in [3.8, 4) is 0 Å². The molecule has 4 rings (SSSR count). The van der Waals surface area contributed by atoms with E-state index in [0.717, 1.165) is 23.6 Å². The van der Waals surface area contributed by atoms with Crippen LogP contribution in [0.3, 0.4) is 0 Å². The van der Waals surface area contributed by atoms with E-state index >= 15 is 0 Å². The normalized spacial score (nSPS) is 17.6. The number of aromatic nitrogens is 2. The molecule has 0 bridgehead atoms. The molecule has 0 N–H and O–H groups in total. The van der Waals surface area contributed by atoms with Crippen LogP contribution >= 0.6 is 0 Å². The number of nitro groups is 2. The Bertz CT molecular complexity index is 1170. The van der Waals surface area contributed by atoms with E-state index in [0.29, 0.717) is 39.4 Å². The predicted molar refractivity (Wildman–Crippen MR) is 121 cm³/mol. The molecule has 34 heavy (non-hydrogen) atoms. The Labute approximate surface area is 195 Å². The second kappa shape index (κ2) is 9.44. The third-order valence-electron chi connectivity index (χ3n) is 5.92. The van der Waals surface area contributed by atoms with Crippen molar-refractivity contribution in [3.63, 3.8) is 0 Å². The lowest BCUT2D eigenvalue weighted by Gasteiger charge is -2.35. The van der Waals surface area contributed by atoms with E-state index in [4.69, 9.17) is 4.74 Å². The van der Waals surface area contributed by atoms with Gasteiger partial charge < -0.3 is 14.5 Å². The number of nitro benzene ring substituents is 2. The number of benzene rings is 1. The zero-order chi connectivity index (χ0) is 24.5. The molecule has 2 saturated heterocycles. The van der Waals surface area contributed by atoms with Crippen LogP contribution in [-0.4, -0.2) is 85.2 Å². The summed E-state index contributed by atoms with van der Waals surface area (Å²) in [7, 11) is -4.17. The maximum absolute atomic E-state index is 13.2. The summed E-state index contributed by atoms with van der Waals surface area (Å²) in [6, 6.07) is 3.66. The van der Waals surface area contributed by atoms with Crippen molar-refractivity contribution in [1.29, 1.82) is 0 Å². The maximum Gasteiger partial charge on any atom is 0.280 e. The van der Waals surface area contributed by atoms with Gasteiger partial charge in [0.25, 0.3) is 11.4 Å². The Hall–Kier alpha value is -3.43. The number of hydrogen-bond acceptors (Lipinski definition) is 11. The lowest BCUT2D eigenvalue weighted by molar-refractivity contribution is -0.395. The average molecular weight is 494 g/mol. The van der Waals surface area contributed by atoms with Crippen molar-refractivity contribution in [1.82, 2.24) is 14.5 Å². The molecule has 14 nitrogen and oxygen atoms in total. The Morgan fingerprint density at radius 3 is 2.06 bits per heavy atom. The van der Waals surface area contributed by atoms with Gasteiger partial charge in [-0.1, -0.05) is 0 Å². The minimum Gasteiger partial charge on any atom is -0.378 e. The molecule has 0 amide bonds. The SMILES string of the molecule is Cc1c([N+](=O)[O-])cc(S(=O)(=O)N2CCN(c3cnnc(N4CCOCC4)c3)CC2)cc1[N+](=O)[O-]. The second-order valence-corrected chi connectivity index (χ2v) is 9.80. The largest absolute Gasteiger partial charge is 0.378 e. The summed E-state index contributed by atoms with van der Waals surface area (Å²) in [4.78, 5) is 24.6. The molecule has 0 unspecified atom stereocenters. The number of nitrogens with zero attached hydrogens (tertiary/aromatic N) is 7. The second-order valence-electron chi connectivity index (χ2n) is 7.86. The first-order valence-electron chi connectivity index (χ1n) is 10.5. The van der Waals surface area contributed by atoms with Gasteiger partial charge in [-0.3, -0.25) is 20.2 Å². The van der Waals surface area contributed by atoms with E-state index in [1.165, 1.54) is 11.2 Å². The van der Waals surface area contributed by atoms with Gasteiger partial charge in [-0.25, -0.2) is 8.42 Å². The van der Waals surface area contributed by atoms with Crippen LogP contribution in [0.4, 0.5) is 22.9 Å². The van der Waals surface area contributed by atoms with Gasteiger partial charge in [0.05, 0.1) is 39.8 Å². The van der Waals surface area contributed by atoms with Crippen LogP contribution in [0.5, 0.6) is 0 Å². The summed E-state index contributed by atoms with van der Waals surface area (Å²) >= 11 is 0. The summed E-state index contributed by atoms with van der Waals surface area (Å²) < 4.78 is 32.9. The molecule has 2 aromatic rings. The highest BCUT2D eigenvalue weighted by Gasteiger charge is 2.33. The molecule has 0 saturated carbocycles. The molecule has 1 aromatic heterocycles. The third-order valence-corrected chi connectivity index (χ3v) is 7.80. The highest BCUT2D eigenvalue weighted by Crippen LogP contribution is 2.33. The van der Waals surface area contributed by atoms with E-state index < -0.39 is 36.1 Å². The number of hydrogen-bond donors (Lipinski definition) is 0. The molecule has 2 aliphatic heterocycles. The fraction of sp³-hybridized carbons (Fsp3) is 0.474. The van der Waals surface area contributed by atoms with Crippen LogP contribution in [0.2, 0.25) is 0 Å². The Balaban J connectivity index is 1.52. The van der Waals surface area contributed by atoms with Gasteiger partial charge in [-0.15, -0.1) is 5.10 Å². The Kier molecular flexibility index (Phi) is 6.58. The van der Waals surface area contributed by atoms with Crippen LogP contribution in [-0.2, 0) is 14.8 Å². The van der Waals surface area contributed by atoms with Gasteiger partial charge >= 0.3 is 0 Å². The lowest BCUT2D eigenvalue weighted by Crippen LogP contribution is -2.48. The van der Waals surface area contributed by atoms with E-state index in [1.54, 1.807) is 6.20 Å². The van der Waals surface area contributed by atoms with Crippen LogP contribution in [0, 0.1) is 27.2 Å². The van der Waals surface area contributed by atoms with Crippen molar-refractivity contribution < 1.29 is 23.0 Å². The fourth-order valence-electron chi connectivity index (χ4n) is 3.99. The standard InChI is InChI=1S/C19H23N7O7S/c1-14-17(25(27)28)11-16(12-18(14)26(29)30)34(31,32)24-4-2-22(3-5-24)15-10-19(21-20-13-15)23-6-8-33-9-7-23/h10-13H,2-9H2,1H3. The van der Waals surface area contributed by atoms with Crippen molar-refractivity contribution in [3.05, 3.63) is 50.2 Å². The lowest BCUT2D eigenvalue weighted by atomic mass is 10.1. The predicted octanol–water partition coefficient (Wildman–Crippen LogP) is 0.949. The first-order chi connectivity index (χ1) is 16.2. The highest BCUT2D eigenvalue weighted by atomic mass is 32.2. The fourth-order valence-corrected chi connectivity index (χ4v) is 5.45. The van der Waals surface area contributed by atoms with Gasteiger partial charge in [0.15, 0.2) is 5.82 Å². The Morgan fingerprint density at radius 1 is 0.912 bits per heavy atom. The molecule has 0 aliphatic carbocycles. The number of sulfonamides is 1. The first-order valence-corrected chi connectivity index (χ1v) is 12.0. The zero-order valence-corrected chi connectivity index (χ0v) is 19.2. The van der Waals surface area contributed by atoms with Crippen LogP contribution in [0.1, 0.15) is 5.56 Å². The molecule has 2 aliphatic rings. The zero-order valence-electron chi connectivity index (χ0n) is 18.4. The highest BCUT2D eigenvalue weighted by molar-refractivity contribution is 7.89. The Morgan fingerprint density at radius 2 is 1.50 bits per heavy atom. The topological polar surface area (TPSA) is 165 Å². The number of piperazine rings is 1. The molecule has 0 radical (unpaired) electrons. The maximum atomic E-state index is 13.2. The molecular weight excluding hydrogens is 470 g/mol. The van der Waals surface area contributed by atoms with E-state index in [9.17, 15) is 28.6 Å². The van der Waals surface area contributed by atoms with Crippen LogP contribution in [0.15, 0.2) is 29.3 Å². The number of anilines is 2. The average Bonchev–Trinajstić information content (AvgIpc) is 2.84. The van der Waals surface area contributed by atoms with Gasteiger partial charge in [0, 0.05) is 57.5 Å². The van der Waals surface area contributed by atoms with Crippen molar-refractivity contribution in [2.24, 2.45) is 0 Å². The monoisotopic (exact) mass is 493 g/mol. The van der Waals surface area contributed by atoms with Gasteiger partial charge in [-0.2, -0.15) is 9.40 Å². The van der Waals surface area contributed by atoms with E-state index in [2.05, 4.69) is 15.1 Å². The molecule has 2 fully saturated rings. The summed E-state index contributed by atoms with van der Waals surface area (Å²) in [5, 5.41) is 30.9. The van der Waals surface area contributed by atoms with E-state index in [-0.39, 0.29) is 18.7 Å². The molecular formula is C19H23N7O7S. The molecule has 182 valence electrons. The summed E-state index contributed by atoms with van der Waals surface area (Å²) in [6.45, 7) is 4.76. The quantitative estimate of drug-likeness (QED) is 0.415. The van der Waals surface area contributed by atoms with Crippen molar-refractivity contribution >= 4 is 32.9 Å². The first kappa shape index (κ1) is 23.7. The van der Waals surface area contributed by atoms with Crippen molar-refractivity contribution in [2.45, 2.75) is 11.8 Å². The minimum atomic E-state index is -4.17. The summed E-state index contributed by atoms with van der Waals surface area (Å²) in [5.41, 5.74) is -0.606. The van der Waals surface area contributed by atoms with Crippen molar-refractivity contribution in [2.75, 3.05) is 62.3 Å².